The standard InChI is InChI=1S/C16H19ClN2O5/c17-12-8-11(19(23)24)4-5-13(12)18-14(20)9-16(10-15(21)22)6-2-1-3-7-16/h4-5,8H,1-3,6-7,9-10H2,(H,18,20)(H,21,22). The number of aliphatic carboxylic acids is 1. The van der Waals surface area contributed by atoms with Gasteiger partial charge in [-0.1, -0.05) is 30.9 Å². The number of carboxylic acid groups (broad SMARTS) is 1. The molecule has 1 amide bonds. The average Bonchev–Trinajstić information content (AvgIpc) is 2.49. The van der Waals surface area contributed by atoms with Crippen molar-refractivity contribution in [2.24, 2.45) is 5.41 Å². The van der Waals surface area contributed by atoms with E-state index in [1.165, 1.54) is 18.2 Å². The van der Waals surface area contributed by atoms with Crippen molar-refractivity contribution in [1.29, 1.82) is 0 Å². The van der Waals surface area contributed by atoms with Crippen LogP contribution in [0.5, 0.6) is 0 Å². The zero-order valence-corrected chi connectivity index (χ0v) is 13.8. The molecule has 7 nitrogen and oxygen atoms in total. The van der Waals surface area contributed by atoms with Gasteiger partial charge in [-0.3, -0.25) is 19.7 Å². The number of nitro benzene ring substituents is 1. The third kappa shape index (κ3) is 4.67. The first-order chi connectivity index (χ1) is 11.3. The van der Waals surface area contributed by atoms with Crippen LogP contribution in [0.2, 0.25) is 5.02 Å². The minimum atomic E-state index is -0.905. The van der Waals surface area contributed by atoms with E-state index in [0.29, 0.717) is 12.8 Å². The largest absolute Gasteiger partial charge is 0.481 e. The number of nitrogens with zero attached hydrogens (tertiary/aromatic N) is 1. The number of benzene rings is 1. The van der Waals surface area contributed by atoms with Crippen molar-refractivity contribution >= 4 is 34.9 Å². The van der Waals surface area contributed by atoms with Gasteiger partial charge in [0.25, 0.3) is 5.69 Å². The number of carbonyl (C=O) groups excluding carboxylic acids is 1. The topological polar surface area (TPSA) is 110 Å². The van der Waals surface area contributed by atoms with Crippen LogP contribution in [0.3, 0.4) is 0 Å². The monoisotopic (exact) mass is 354 g/mol. The quantitative estimate of drug-likeness (QED) is 0.592. The molecule has 0 aromatic heterocycles. The first-order valence-electron chi connectivity index (χ1n) is 7.77. The van der Waals surface area contributed by atoms with Gasteiger partial charge >= 0.3 is 5.97 Å². The van der Waals surface area contributed by atoms with Crippen LogP contribution in [-0.2, 0) is 9.59 Å². The molecule has 24 heavy (non-hydrogen) atoms. The molecule has 0 unspecified atom stereocenters. The summed E-state index contributed by atoms with van der Waals surface area (Å²) in [4.78, 5) is 33.6. The Kier molecular flexibility index (Phi) is 5.77. The van der Waals surface area contributed by atoms with Crippen LogP contribution >= 0.6 is 11.6 Å². The maximum Gasteiger partial charge on any atom is 0.303 e. The fraction of sp³-hybridized carbons (Fsp3) is 0.500. The Labute approximate surface area is 144 Å². The first kappa shape index (κ1) is 18.2. The van der Waals surface area contributed by atoms with Crippen LogP contribution < -0.4 is 5.32 Å². The van der Waals surface area contributed by atoms with Crippen LogP contribution in [0.1, 0.15) is 44.9 Å². The molecular formula is C16H19ClN2O5. The van der Waals surface area contributed by atoms with E-state index in [-0.39, 0.29) is 35.1 Å². The van der Waals surface area contributed by atoms with E-state index in [9.17, 15) is 19.7 Å². The molecular weight excluding hydrogens is 336 g/mol. The van der Waals surface area contributed by atoms with Crippen molar-refractivity contribution in [1.82, 2.24) is 0 Å². The van der Waals surface area contributed by atoms with Gasteiger partial charge in [-0.2, -0.15) is 0 Å². The molecule has 0 saturated heterocycles. The number of rotatable bonds is 6. The lowest BCUT2D eigenvalue weighted by Crippen LogP contribution is -2.32. The molecule has 8 heteroatoms. The smallest absolute Gasteiger partial charge is 0.303 e. The number of hydrogen-bond donors (Lipinski definition) is 2. The van der Waals surface area contributed by atoms with Gasteiger partial charge in [0.15, 0.2) is 0 Å². The minimum absolute atomic E-state index is 0.0333. The van der Waals surface area contributed by atoms with Crippen LogP contribution in [0.15, 0.2) is 18.2 Å². The van der Waals surface area contributed by atoms with Gasteiger partial charge in [0.2, 0.25) is 5.91 Å². The van der Waals surface area contributed by atoms with Crippen LogP contribution in [0.4, 0.5) is 11.4 Å². The summed E-state index contributed by atoms with van der Waals surface area (Å²) in [6, 6.07) is 3.81. The van der Waals surface area contributed by atoms with Crippen molar-refractivity contribution < 1.29 is 19.6 Å². The Bertz CT molecular complexity index is 656. The van der Waals surface area contributed by atoms with Crippen molar-refractivity contribution in [2.75, 3.05) is 5.32 Å². The molecule has 0 heterocycles. The van der Waals surface area contributed by atoms with Gasteiger partial charge in [0.05, 0.1) is 22.1 Å². The van der Waals surface area contributed by atoms with Crippen molar-refractivity contribution in [3.63, 3.8) is 0 Å². The predicted octanol–water partition coefficient (Wildman–Crippen LogP) is 4.00. The highest BCUT2D eigenvalue weighted by Crippen LogP contribution is 2.42. The normalized spacial score (nSPS) is 16.4. The molecule has 1 aliphatic carbocycles. The minimum Gasteiger partial charge on any atom is -0.481 e. The van der Waals surface area contributed by atoms with Crippen molar-refractivity contribution in [3.8, 4) is 0 Å². The summed E-state index contributed by atoms with van der Waals surface area (Å²) in [6.45, 7) is 0. The molecule has 0 atom stereocenters. The second-order valence-corrected chi connectivity index (χ2v) is 6.68. The number of carbonyl (C=O) groups is 2. The summed E-state index contributed by atoms with van der Waals surface area (Å²) >= 11 is 5.97. The van der Waals surface area contributed by atoms with Crippen molar-refractivity contribution in [2.45, 2.75) is 44.9 Å². The maximum absolute atomic E-state index is 12.3. The summed E-state index contributed by atoms with van der Waals surface area (Å²) in [5.41, 5.74) is -0.400. The Balaban J connectivity index is 2.08. The summed E-state index contributed by atoms with van der Waals surface area (Å²) < 4.78 is 0. The molecule has 0 bridgehead atoms. The van der Waals surface area contributed by atoms with Gasteiger partial charge in [-0.15, -0.1) is 0 Å². The lowest BCUT2D eigenvalue weighted by Gasteiger charge is -2.35. The van der Waals surface area contributed by atoms with Crippen molar-refractivity contribution in [3.05, 3.63) is 33.3 Å². The maximum atomic E-state index is 12.3. The Hall–Kier alpha value is -2.15. The third-order valence-corrected chi connectivity index (χ3v) is 4.73. The molecule has 1 aromatic carbocycles. The molecule has 0 radical (unpaired) electrons. The fourth-order valence-corrected chi connectivity index (χ4v) is 3.51. The number of nitro groups is 1. The molecule has 1 saturated carbocycles. The molecule has 0 aliphatic heterocycles. The van der Waals surface area contributed by atoms with E-state index < -0.39 is 16.3 Å². The Morgan fingerprint density at radius 2 is 1.92 bits per heavy atom. The second kappa shape index (κ2) is 7.61. The van der Waals surface area contributed by atoms with Gasteiger partial charge < -0.3 is 10.4 Å². The summed E-state index contributed by atoms with van der Waals surface area (Å²) in [5, 5.41) is 22.6. The zero-order chi connectivity index (χ0) is 17.7. The summed E-state index contributed by atoms with van der Waals surface area (Å²) in [6.07, 6.45) is 4.37. The highest BCUT2D eigenvalue weighted by Gasteiger charge is 2.36. The summed E-state index contributed by atoms with van der Waals surface area (Å²) in [7, 11) is 0. The van der Waals surface area contributed by atoms with E-state index in [2.05, 4.69) is 5.32 Å². The van der Waals surface area contributed by atoms with E-state index in [4.69, 9.17) is 16.7 Å². The van der Waals surface area contributed by atoms with E-state index in [0.717, 1.165) is 19.3 Å². The fourth-order valence-electron chi connectivity index (χ4n) is 3.29. The number of hydrogen-bond acceptors (Lipinski definition) is 4. The zero-order valence-electron chi connectivity index (χ0n) is 13.1. The lowest BCUT2D eigenvalue weighted by atomic mass is 9.69. The Morgan fingerprint density at radius 3 is 2.46 bits per heavy atom. The molecule has 2 rings (SSSR count). The third-order valence-electron chi connectivity index (χ3n) is 4.41. The number of non-ortho nitro benzene ring substituents is 1. The van der Waals surface area contributed by atoms with Crippen LogP contribution in [0, 0.1) is 15.5 Å². The average molecular weight is 355 g/mol. The van der Waals surface area contributed by atoms with Gasteiger partial charge in [0, 0.05) is 18.6 Å². The van der Waals surface area contributed by atoms with Crippen LogP contribution in [-0.4, -0.2) is 21.9 Å². The first-order valence-corrected chi connectivity index (χ1v) is 8.15. The Morgan fingerprint density at radius 1 is 1.25 bits per heavy atom. The highest BCUT2D eigenvalue weighted by molar-refractivity contribution is 6.33. The SMILES string of the molecule is O=C(O)CC1(CC(=O)Nc2ccc([N+](=O)[O-])cc2Cl)CCCCC1. The van der Waals surface area contributed by atoms with E-state index in [1.807, 2.05) is 0 Å². The number of carboxylic acids is 1. The second-order valence-electron chi connectivity index (χ2n) is 6.28. The van der Waals surface area contributed by atoms with E-state index in [1.54, 1.807) is 0 Å². The highest BCUT2D eigenvalue weighted by atomic mass is 35.5. The molecule has 2 N–H and O–H groups in total. The van der Waals surface area contributed by atoms with Gasteiger partial charge in [-0.05, 0) is 24.3 Å². The van der Waals surface area contributed by atoms with Crippen LogP contribution in [0.25, 0.3) is 0 Å². The number of nitrogens with one attached hydrogen (secondary N) is 1. The van der Waals surface area contributed by atoms with Gasteiger partial charge in [0.1, 0.15) is 0 Å². The molecule has 0 spiro atoms. The number of anilines is 1. The number of halogens is 1. The molecule has 130 valence electrons. The predicted molar refractivity (Wildman–Crippen MR) is 89.1 cm³/mol. The molecule has 1 aliphatic rings. The number of amides is 1. The summed E-state index contributed by atoms with van der Waals surface area (Å²) in [5.74, 6) is -1.23. The lowest BCUT2D eigenvalue weighted by molar-refractivity contribution is -0.384. The van der Waals surface area contributed by atoms with Gasteiger partial charge in [-0.25, -0.2) is 0 Å². The molecule has 1 fully saturated rings. The molecule has 1 aromatic rings. The van der Waals surface area contributed by atoms with E-state index >= 15 is 0 Å².